The maximum atomic E-state index is 8.93. The largest absolute Gasteiger partial charge is 0.393 e. The Kier molecular flexibility index (Phi) is 2.52. The van der Waals surface area contributed by atoms with E-state index >= 15 is 0 Å². The van der Waals surface area contributed by atoms with Gasteiger partial charge in [0, 0.05) is 0 Å². The summed E-state index contributed by atoms with van der Waals surface area (Å²) in [6.07, 6.45) is 6.35. The highest BCUT2D eigenvalue weighted by Gasteiger charge is 2.33. The highest BCUT2D eigenvalue weighted by atomic mass is 16.3. The topological polar surface area (TPSA) is 20.2 Å². The van der Waals surface area contributed by atoms with Gasteiger partial charge in [0.25, 0.3) is 0 Å². The second-order valence-electron chi connectivity index (χ2n) is 3.06. The minimum absolute atomic E-state index is 0.0712. The first-order valence-electron chi connectivity index (χ1n) is 4.02. The summed E-state index contributed by atoms with van der Waals surface area (Å²) in [5.41, 5.74) is 0. The Morgan fingerprint density at radius 1 is 1.44 bits per heavy atom. The summed E-state index contributed by atoms with van der Waals surface area (Å²) in [4.78, 5) is 0. The van der Waals surface area contributed by atoms with Crippen molar-refractivity contribution in [3.63, 3.8) is 0 Å². The lowest BCUT2D eigenvalue weighted by Gasteiger charge is -1.93. The quantitative estimate of drug-likeness (QED) is 0.574. The minimum atomic E-state index is 0.0712. The minimum Gasteiger partial charge on any atom is -0.393 e. The number of unbranched alkanes of at least 4 members (excludes halogenated alkanes) is 2. The van der Waals surface area contributed by atoms with E-state index in [1.165, 1.54) is 25.7 Å². The zero-order valence-corrected chi connectivity index (χ0v) is 6.14. The van der Waals surface area contributed by atoms with Gasteiger partial charge in [0.05, 0.1) is 6.10 Å². The first-order valence-corrected chi connectivity index (χ1v) is 4.02. The Bertz CT molecular complexity index is 80.6. The summed E-state index contributed by atoms with van der Waals surface area (Å²) in [5, 5.41) is 8.93. The molecule has 1 N–H and O–H groups in total. The van der Waals surface area contributed by atoms with Gasteiger partial charge in [-0.15, -0.1) is 0 Å². The van der Waals surface area contributed by atoms with Crippen LogP contribution in [0.5, 0.6) is 0 Å². The van der Waals surface area contributed by atoms with Crippen LogP contribution in [-0.2, 0) is 0 Å². The van der Waals surface area contributed by atoms with Gasteiger partial charge in [0.1, 0.15) is 0 Å². The average Bonchev–Trinajstić information content (AvgIpc) is 2.48. The molecule has 54 valence electrons. The number of rotatable bonds is 4. The van der Waals surface area contributed by atoms with E-state index in [0.717, 1.165) is 6.42 Å². The number of hydrogen-bond acceptors (Lipinski definition) is 1. The van der Waals surface area contributed by atoms with E-state index in [2.05, 4.69) is 6.92 Å². The first-order chi connectivity index (χ1) is 4.34. The van der Waals surface area contributed by atoms with E-state index in [0.29, 0.717) is 5.92 Å². The van der Waals surface area contributed by atoms with Gasteiger partial charge >= 0.3 is 0 Å². The summed E-state index contributed by atoms with van der Waals surface area (Å²) < 4.78 is 0. The second-order valence-corrected chi connectivity index (χ2v) is 3.06. The predicted molar refractivity (Wildman–Crippen MR) is 38.3 cm³/mol. The average molecular weight is 128 g/mol. The molecule has 1 fully saturated rings. The zero-order chi connectivity index (χ0) is 6.69. The summed E-state index contributed by atoms with van der Waals surface area (Å²) in [5.74, 6) is 0.677. The van der Waals surface area contributed by atoms with Crippen LogP contribution in [-0.4, -0.2) is 11.2 Å². The number of aliphatic hydroxyl groups excluding tert-OH is 1. The molecule has 0 aromatic carbocycles. The lowest BCUT2D eigenvalue weighted by atomic mass is 10.1. The molecule has 1 aliphatic carbocycles. The number of hydrogen-bond donors (Lipinski definition) is 1. The molecule has 0 heterocycles. The molecule has 0 aromatic heterocycles. The van der Waals surface area contributed by atoms with Gasteiger partial charge in [-0.25, -0.2) is 0 Å². The van der Waals surface area contributed by atoms with Crippen molar-refractivity contribution in [1.29, 1.82) is 0 Å². The molecule has 1 nitrogen and oxygen atoms in total. The Balaban J connectivity index is 1.83. The van der Waals surface area contributed by atoms with E-state index < -0.39 is 0 Å². The van der Waals surface area contributed by atoms with Crippen molar-refractivity contribution in [2.24, 2.45) is 5.92 Å². The Labute approximate surface area is 57.1 Å². The molecule has 1 heteroatoms. The van der Waals surface area contributed by atoms with Crippen LogP contribution in [0.3, 0.4) is 0 Å². The molecule has 0 saturated heterocycles. The lowest BCUT2D eigenvalue weighted by Crippen LogP contribution is -1.85. The summed E-state index contributed by atoms with van der Waals surface area (Å²) in [6, 6.07) is 0. The molecule has 1 saturated carbocycles. The molecule has 1 aliphatic rings. The maximum absolute atomic E-state index is 8.93. The highest BCUT2D eigenvalue weighted by Crippen LogP contribution is 2.34. The third kappa shape index (κ3) is 2.35. The molecular formula is C8H16O. The molecule has 0 spiro atoms. The van der Waals surface area contributed by atoms with Crippen molar-refractivity contribution in [3.05, 3.63) is 0 Å². The molecule has 0 bridgehead atoms. The van der Waals surface area contributed by atoms with E-state index in [9.17, 15) is 0 Å². The van der Waals surface area contributed by atoms with Gasteiger partial charge in [-0.05, 0) is 18.8 Å². The fourth-order valence-electron chi connectivity index (χ4n) is 1.20. The van der Waals surface area contributed by atoms with Gasteiger partial charge in [-0.3, -0.25) is 0 Å². The monoisotopic (exact) mass is 128 g/mol. The van der Waals surface area contributed by atoms with Crippen LogP contribution in [0.1, 0.15) is 39.0 Å². The van der Waals surface area contributed by atoms with Crippen LogP contribution < -0.4 is 0 Å². The summed E-state index contributed by atoms with van der Waals surface area (Å²) >= 11 is 0. The standard InChI is InChI=1S/C8H16O/c1-2-3-4-5-7-6-8(7)9/h7-9H,2-6H2,1H3. The zero-order valence-electron chi connectivity index (χ0n) is 6.14. The van der Waals surface area contributed by atoms with Crippen molar-refractivity contribution < 1.29 is 5.11 Å². The fourth-order valence-corrected chi connectivity index (χ4v) is 1.20. The Hall–Kier alpha value is -0.0400. The molecular weight excluding hydrogens is 112 g/mol. The van der Waals surface area contributed by atoms with Crippen molar-refractivity contribution >= 4 is 0 Å². The van der Waals surface area contributed by atoms with Gasteiger partial charge in [-0.1, -0.05) is 26.2 Å². The molecule has 9 heavy (non-hydrogen) atoms. The third-order valence-corrected chi connectivity index (χ3v) is 2.06. The Morgan fingerprint density at radius 2 is 2.11 bits per heavy atom. The molecule has 0 aliphatic heterocycles. The van der Waals surface area contributed by atoms with Crippen molar-refractivity contribution in [3.8, 4) is 0 Å². The molecule has 0 aromatic rings. The summed E-state index contributed by atoms with van der Waals surface area (Å²) in [6.45, 7) is 2.21. The lowest BCUT2D eigenvalue weighted by molar-refractivity contribution is 0.255. The van der Waals surface area contributed by atoms with Crippen LogP contribution >= 0.6 is 0 Å². The van der Waals surface area contributed by atoms with Crippen molar-refractivity contribution in [2.45, 2.75) is 45.1 Å². The second kappa shape index (κ2) is 3.21. The third-order valence-electron chi connectivity index (χ3n) is 2.06. The molecule has 1 rings (SSSR count). The van der Waals surface area contributed by atoms with Crippen molar-refractivity contribution in [2.75, 3.05) is 0 Å². The SMILES string of the molecule is CCCCCC1CC1O. The predicted octanol–water partition coefficient (Wildman–Crippen LogP) is 1.95. The maximum Gasteiger partial charge on any atom is 0.0573 e. The van der Waals surface area contributed by atoms with Gasteiger partial charge in [0.2, 0.25) is 0 Å². The number of aliphatic hydroxyl groups is 1. The smallest absolute Gasteiger partial charge is 0.0573 e. The van der Waals surface area contributed by atoms with Gasteiger partial charge in [-0.2, -0.15) is 0 Å². The van der Waals surface area contributed by atoms with Crippen LogP contribution in [0.15, 0.2) is 0 Å². The Morgan fingerprint density at radius 3 is 2.56 bits per heavy atom. The normalized spacial score (nSPS) is 32.7. The van der Waals surface area contributed by atoms with Gasteiger partial charge in [0.15, 0.2) is 0 Å². The van der Waals surface area contributed by atoms with Gasteiger partial charge < -0.3 is 5.11 Å². The molecule has 0 radical (unpaired) electrons. The molecule has 2 unspecified atom stereocenters. The van der Waals surface area contributed by atoms with E-state index in [1.54, 1.807) is 0 Å². The van der Waals surface area contributed by atoms with Crippen LogP contribution in [0.2, 0.25) is 0 Å². The van der Waals surface area contributed by atoms with Crippen LogP contribution in [0.4, 0.5) is 0 Å². The highest BCUT2D eigenvalue weighted by molar-refractivity contribution is 4.84. The fraction of sp³-hybridized carbons (Fsp3) is 1.00. The van der Waals surface area contributed by atoms with Crippen LogP contribution in [0.25, 0.3) is 0 Å². The van der Waals surface area contributed by atoms with E-state index in [4.69, 9.17) is 5.11 Å². The van der Waals surface area contributed by atoms with Crippen LogP contribution in [0, 0.1) is 5.92 Å². The molecule has 0 amide bonds. The summed E-state index contributed by atoms with van der Waals surface area (Å²) in [7, 11) is 0. The molecule has 2 atom stereocenters. The van der Waals surface area contributed by atoms with E-state index in [-0.39, 0.29) is 6.10 Å². The first kappa shape index (κ1) is 7.07. The van der Waals surface area contributed by atoms with Crippen molar-refractivity contribution in [1.82, 2.24) is 0 Å². The van der Waals surface area contributed by atoms with E-state index in [1.807, 2.05) is 0 Å².